The smallest absolute Gasteiger partial charge is 0.416 e. The number of carbonyl (C=O) groups excluding carboxylic acids is 1. The Hall–Kier alpha value is -2.81. The van der Waals surface area contributed by atoms with Crippen molar-refractivity contribution in [3.8, 4) is 0 Å². The van der Waals surface area contributed by atoms with Gasteiger partial charge >= 0.3 is 18.2 Å². The quantitative estimate of drug-likeness (QED) is 0.450. The molecule has 0 spiro atoms. The fourth-order valence-corrected chi connectivity index (χ4v) is 4.76. The number of carbonyl (C=O) groups is 2. The molecule has 2 N–H and O–H groups in total. The maximum absolute atomic E-state index is 14.1. The van der Waals surface area contributed by atoms with Crippen LogP contribution in [0.15, 0.2) is 41.6 Å². The van der Waals surface area contributed by atoms with Gasteiger partial charge in [0.2, 0.25) is 0 Å². The number of nitrogens with zero attached hydrogens (tertiary/aromatic N) is 1. The van der Waals surface area contributed by atoms with E-state index in [-0.39, 0.29) is 23.0 Å². The molecule has 0 aromatic heterocycles. The molecule has 1 aromatic rings. The van der Waals surface area contributed by atoms with E-state index in [0.29, 0.717) is 37.0 Å². The zero-order chi connectivity index (χ0) is 27.1. The Kier molecular flexibility index (Phi) is 7.39. The first kappa shape index (κ1) is 27.8. The Bertz CT molecular complexity index is 1100. The van der Waals surface area contributed by atoms with Crippen LogP contribution in [0, 0.1) is 5.41 Å². The van der Waals surface area contributed by atoms with Gasteiger partial charge in [0.1, 0.15) is 0 Å². The number of carboxylic acid groups (broad SMARTS) is 1. The maximum Gasteiger partial charge on any atom is 0.416 e. The second-order valence-corrected chi connectivity index (χ2v) is 11.3. The van der Waals surface area contributed by atoms with Crippen LogP contribution in [-0.4, -0.2) is 41.3 Å². The van der Waals surface area contributed by atoms with E-state index in [0.717, 1.165) is 6.07 Å². The molecule has 0 radical (unpaired) electrons. The fourth-order valence-electron chi connectivity index (χ4n) is 4.76. The van der Waals surface area contributed by atoms with Crippen LogP contribution in [0.3, 0.4) is 0 Å². The van der Waals surface area contributed by atoms with Crippen LogP contribution in [0.5, 0.6) is 0 Å². The van der Waals surface area contributed by atoms with Crippen molar-refractivity contribution in [3.63, 3.8) is 0 Å². The predicted octanol–water partition coefficient (Wildman–Crippen LogP) is 6.02. The van der Waals surface area contributed by atoms with Crippen molar-refractivity contribution in [2.24, 2.45) is 5.41 Å². The fraction of sp³-hybridized carbons (Fsp3) is 0.556. The number of halogens is 3. The Labute approximate surface area is 210 Å². The molecule has 1 heterocycles. The summed E-state index contributed by atoms with van der Waals surface area (Å²) in [5, 5.41) is 12.1. The summed E-state index contributed by atoms with van der Waals surface area (Å²) >= 11 is 0. The molecule has 0 saturated carbocycles. The summed E-state index contributed by atoms with van der Waals surface area (Å²) in [6.07, 6.45) is 0.0314. The van der Waals surface area contributed by atoms with Crippen LogP contribution < -0.4 is 5.32 Å². The third kappa shape index (κ3) is 5.61. The van der Waals surface area contributed by atoms with Gasteiger partial charge in [-0.1, -0.05) is 32.9 Å². The number of urea groups is 1. The van der Waals surface area contributed by atoms with Gasteiger partial charge in [0.15, 0.2) is 0 Å². The molecule has 2 amide bonds. The molecule has 0 fully saturated rings. The van der Waals surface area contributed by atoms with Crippen molar-refractivity contribution in [2.75, 3.05) is 13.7 Å². The summed E-state index contributed by atoms with van der Waals surface area (Å²) < 4.78 is 47.5. The molecule has 9 heteroatoms. The molecule has 1 aromatic carbocycles. The number of aliphatic carboxylic acids is 1. The van der Waals surface area contributed by atoms with E-state index in [1.54, 1.807) is 26.1 Å². The second-order valence-electron chi connectivity index (χ2n) is 11.3. The number of alkyl halides is 3. The summed E-state index contributed by atoms with van der Waals surface area (Å²) in [5.41, 5.74) is -1.43. The highest BCUT2D eigenvalue weighted by molar-refractivity contribution is 5.90. The number of nitrogens with one attached hydrogen (secondary N) is 1. The number of rotatable bonds is 8. The third-order valence-corrected chi connectivity index (χ3v) is 7.07. The number of hydrogen-bond acceptors (Lipinski definition) is 3. The van der Waals surface area contributed by atoms with Gasteiger partial charge in [-0.15, -0.1) is 0 Å². The van der Waals surface area contributed by atoms with Crippen LogP contribution in [0.1, 0.15) is 70.6 Å². The Morgan fingerprint density at radius 3 is 2.36 bits per heavy atom. The number of carboxylic acids is 1. The summed E-state index contributed by atoms with van der Waals surface area (Å²) in [6, 6.07) is 3.79. The topological polar surface area (TPSA) is 78.9 Å². The van der Waals surface area contributed by atoms with Gasteiger partial charge in [-0.3, -0.25) is 4.90 Å². The lowest BCUT2D eigenvalue weighted by molar-refractivity contribution is -0.138. The van der Waals surface area contributed by atoms with Crippen LogP contribution in [-0.2, 0) is 27.7 Å². The number of benzene rings is 1. The van der Waals surface area contributed by atoms with E-state index < -0.39 is 34.8 Å². The Morgan fingerprint density at radius 1 is 1.19 bits per heavy atom. The molecule has 36 heavy (non-hydrogen) atoms. The molecular formula is C27H35F3N2O4. The van der Waals surface area contributed by atoms with Crippen molar-refractivity contribution in [1.82, 2.24) is 10.2 Å². The number of amides is 2. The predicted molar refractivity (Wildman–Crippen MR) is 130 cm³/mol. The molecule has 2 aliphatic rings. The van der Waals surface area contributed by atoms with Gasteiger partial charge in [0, 0.05) is 25.3 Å². The lowest BCUT2D eigenvalue weighted by Crippen LogP contribution is -2.61. The van der Waals surface area contributed by atoms with Gasteiger partial charge in [-0.25, -0.2) is 9.59 Å². The largest absolute Gasteiger partial charge is 0.478 e. The maximum atomic E-state index is 14.1. The molecule has 6 nitrogen and oxygen atoms in total. The summed E-state index contributed by atoms with van der Waals surface area (Å²) in [7, 11) is 1.53. The van der Waals surface area contributed by atoms with E-state index in [1.807, 2.05) is 20.8 Å². The summed E-state index contributed by atoms with van der Waals surface area (Å²) in [4.78, 5) is 25.9. The van der Waals surface area contributed by atoms with Gasteiger partial charge in [0.05, 0.1) is 23.2 Å². The van der Waals surface area contributed by atoms with Crippen LogP contribution >= 0.6 is 0 Å². The molecule has 1 unspecified atom stereocenters. The average Bonchev–Trinajstić information content (AvgIpc) is 2.73. The normalized spacial score (nSPS) is 24.6. The Morgan fingerprint density at radius 2 is 1.83 bits per heavy atom. The van der Waals surface area contributed by atoms with Crippen molar-refractivity contribution < 1.29 is 32.6 Å². The molecule has 2 atom stereocenters. The lowest BCUT2D eigenvalue weighted by atomic mass is 9.76. The first-order valence-electron chi connectivity index (χ1n) is 12.0. The first-order chi connectivity index (χ1) is 16.5. The van der Waals surface area contributed by atoms with Gasteiger partial charge in [-0.05, 0) is 67.4 Å². The van der Waals surface area contributed by atoms with Crippen LogP contribution in [0.25, 0.3) is 0 Å². The van der Waals surface area contributed by atoms with E-state index in [9.17, 15) is 27.9 Å². The van der Waals surface area contributed by atoms with Crippen molar-refractivity contribution in [3.05, 3.63) is 58.3 Å². The SMILES string of the molecule is COCCC1=CN(C2(C)C=C(C(=O)O)C2)C(=O)N[C@@]1(C)c1ccc(CCC(C)(C)C)c(C(F)(F)F)c1. The molecule has 0 bridgehead atoms. The molecule has 198 valence electrons. The molecule has 1 aliphatic heterocycles. The number of ether oxygens (including phenoxy) is 1. The monoisotopic (exact) mass is 508 g/mol. The highest BCUT2D eigenvalue weighted by atomic mass is 19.4. The molecule has 3 rings (SSSR count). The highest BCUT2D eigenvalue weighted by Gasteiger charge is 2.48. The average molecular weight is 509 g/mol. The van der Waals surface area contributed by atoms with Crippen LogP contribution in [0.2, 0.25) is 0 Å². The Balaban J connectivity index is 2.05. The minimum absolute atomic E-state index is 0.114. The van der Waals surface area contributed by atoms with Gasteiger partial charge < -0.3 is 15.2 Å². The van der Waals surface area contributed by atoms with E-state index in [4.69, 9.17) is 4.74 Å². The number of methoxy groups -OCH3 is 1. The minimum Gasteiger partial charge on any atom is -0.478 e. The van der Waals surface area contributed by atoms with Gasteiger partial charge in [-0.2, -0.15) is 13.2 Å². The van der Waals surface area contributed by atoms with Crippen LogP contribution in [0.4, 0.5) is 18.0 Å². The van der Waals surface area contributed by atoms with Crippen molar-refractivity contribution in [1.29, 1.82) is 0 Å². The number of aryl methyl sites for hydroxylation is 1. The standard InChI is InChI=1S/C27H35F3N2O4/c1-24(2,3)11-9-17-7-8-19(13-21(17)27(28,29)30)26(5)20(10-12-36-6)16-32(23(35)31-26)25(4)14-18(15-25)22(33)34/h7-8,13-14,16H,9-12,15H2,1-6H3,(H,31,35)(H,33,34)/t25?,26-/m0/s1. The highest BCUT2D eigenvalue weighted by Crippen LogP contribution is 2.43. The van der Waals surface area contributed by atoms with E-state index in [2.05, 4.69) is 5.32 Å². The van der Waals surface area contributed by atoms with E-state index >= 15 is 0 Å². The number of hydrogen-bond donors (Lipinski definition) is 2. The van der Waals surface area contributed by atoms with Gasteiger partial charge in [0.25, 0.3) is 0 Å². The molecular weight excluding hydrogens is 473 g/mol. The minimum atomic E-state index is -4.54. The summed E-state index contributed by atoms with van der Waals surface area (Å²) in [5.74, 6) is -1.04. The lowest BCUT2D eigenvalue weighted by Gasteiger charge is -2.49. The van der Waals surface area contributed by atoms with E-state index in [1.165, 1.54) is 24.2 Å². The second kappa shape index (κ2) is 9.57. The molecule has 1 aliphatic carbocycles. The zero-order valence-corrected chi connectivity index (χ0v) is 21.7. The zero-order valence-electron chi connectivity index (χ0n) is 21.7. The molecule has 0 saturated heterocycles. The first-order valence-corrected chi connectivity index (χ1v) is 12.0. The third-order valence-electron chi connectivity index (χ3n) is 7.07. The summed E-state index contributed by atoms with van der Waals surface area (Å²) in [6.45, 7) is 9.70. The van der Waals surface area contributed by atoms with Crippen molar-refractivity contribution in [2.45, 2.75) is 77.6 Å². The van der Waals surface area contributed by atoms with Crippen molar-refractivity contribution >= 4 is 12.0 Å².